The number of hydrogen-bond acceptors (Lipinski definition) is 4. The van der Waals surface area contributed by atoms with E-state index in [1.165, 1.54) is 17.5 Å². The van der Waals surface area contributed by atoms with Gasteiger partial charge < -0.3 is 9.32 Å². The maximum absolute atomic E-state index is 13.1. The van der Waals surface area contributed by atoms with E-state index in [1.54, 1.807) is 22.2 Å². The molecule has 6 nitrogen and oxygen atoms in total. The van der Waals surface area contributed by atoms with Crippen LogP contribution < -0.4 is 0 Å². The van der Waals surface area contributed by atoms with Gasteiger partial charge in [0.15, 0.2) is 0 Å². The highest BCUT2D eigenvalue weighted by molar-refractivity contribution is 5.88. The summed E-state index contributed by atoms with van der Waals surface area (Å²) in [5.74, 6) is 0.480. The zero-order valence-corrected chi connectivity index (χ0v) is 18.7. The zero-order valence-electron chi connectivity index (χ0n) is 18.7. The van der Waals surface area contributed by atoms with Crippen molar-refractivity contribution in [3.05, 3.63) is 77.6 Å². The number of nitrogens with zero attached hydrogens (tertiary/aromatic N) is 4. The molecular weight excluding hydrogens is 388 g/mol. The van der Waals surface area contributed by atoms with Gasteiger partial charge in [0.05, 0.1) is 24.4 Å². The van der Waals surface area contributed by atoms with Crippen molar-refractivity contribution >= 4 is 16.9 Å². The Hall–Kier alpha value is -3.41. The topological polar surface area (TPSA) is 64.2 Å². The molecule has 2 aromatic carbocycles. The number of furan rings is 1. The summed E-state index contributed by atoms with van der Waals surface area (Å²) in [5.41, 5.74) is 6.27. The average Bonchev–Trinajstić information content (AvgIpc) is 3.42. The van der Waals surface area contributed by atoms with E-state index in [-0.39, 0.29) is 11.9 Å². The van der Waals surface area contributed by atoms with Gasteiger partial charge in [-0.15, -0.1) is 0 Å². The monoisotopic (exact) mass is 416 g/mol. The number of benzene rings is 2. The predicted octanol–water partition coefficient (Wildman–Crippen LogP) is 5.21. The van der Waals surface area contributed by atoms with Gasteiger partial charge in [0, 0.05) is 18.0 Å². The molecule has 0 aliphatic heterocycles. The van der Waals surface area contributed by atoms with Crippen LogP contribution in [-0.2, 0) is 11.2 Å². The highest BCUT2D eigenvalue weighted by Gasteiger charge is 2.20. The fourth-order valence-electron chi connectivity index (χ4n) is 3.98. The van der Waals surface area contributed by atoms with Crippen LogP contribution in [0.3, 0.4) is 0 Å². The van der Waals surface area contributed by atoms with E-state index < -0.39 is 0 Å². The SMILES string of the molecule is Cc1cc2occ(CC(=O)N(C)C(C)c3ccc(-n4cncn4)cc3)c2cc1C(C)C. The number of fused-ring (bicyclic) bond motifs is 1. The first kappa shape index (κ1) is 20.8. The standard InChI is InChI=1S/C25H28N4O2/c1-16(2)22-12-23-20(13-31-24(23)10-17(22)3)11-25(30)28(5)18(4)19-6-8-21(9-7-19)29-15-26-14-27-29/h6-10,12-16,18H,11H2,1-5H3. The van der Waals surface area contributed by atoms with Crippen LogP contribution in [0.4, 0.5) is 0 Å². The second-order valence-corrected chi connectivity index (χ2v) is 8.41. The normalized spacial score (nSPS) is 12.5. The summed E-state index contributed by atoms with van der Waals surface area (Å²) < 4.78 is 7.46. The molecule has 2 heterocycles. The maximum Gasteiger partial charge on any atom is 0.227 e. The van der Waals surface area contributed by atoms with Crippen molar-refractivity contribution in [1.82, 2.24) is 19.7 Å². The molecule has 1 unspecified atom stereocenters. The van der Waals surface area contributed by atoms with Crippen molar-refractivity contribution in [2.24, 2.45) is 0 Å². The highest BCUT2D eigenvalue weighted by atomic mass is 16.3. The van der Waals surface area contributed by atoms with Crippen molar-refractivity contribution in [3.8, 4) is 5.69 Å². The third-order valence-electron chi connectivity index (χ3n) is 6.04. The molecule has 0 radical (unpaired) electrons. The highest BCUT2D eigenvalue weighted by Crippen LogP contribution is 2.30. The van der Waals surface area contributed by atoms with Gasteiger partial charge >= 0.3 is 0 Å². The number of rotatable bonds is 6. The Morgan fingerprint density at radius 3 is 2.55 bits per heavy atom. The number of carbonyl (C=O) groups excluding carboxylic acids is 1. The third-order valence-corrected chi connectivity index (χ3v) is 6.04. The van der Waals surface area contributed by atoms with Crippen molar-refractivity contribution in [2.75, 3.05) is 7.05 Å². The van der Waals surface area contributed by atoms with Crippen LogP contribution in [0.2, 0.25) is 0 Å². The molecule has 0 spiro atoms. The molecular formula is C25H28N4O2. The molecule has 4 aromatic rings. The van der Waals surface area contributed by atoms with Crippen LogP contribution in [0, 0.1) is 6.92 Å². The van der Waals surface area contributed by atoms with Crippen LogP contribution in [0.25, 0.3) is 16.7 Å². The molecule has 31 heavy (non-hydrogen) atoms. The lowest BCUT2D eigenvalue weighted by atomic mass is 9.95. The number of carbonyl (C=O) groups is 1. The molecule has 0 aliphatic rings. The van der Waals surface area contributed by atoms with E-state index in [4.69, 9.17) is 4.42 Å². The minimum atomic E-state index is -0.0519. The molecule has 6 heteroatoms. The molecule has 1 atom stereocenters. The zero-order chi connectivity index (χ0) is 22.1. The number of hydrogen-bond donors (Lipinski definition) is 0. The van der Waals surface area contributed by atoms with Crippen LogP contribution >= 0.6 is 0 Å². The summed E-state index contributed by atoms with van der Waals surface area (Å²) in [4.78, 5) is 18.8. The Labute approximate surface area is 182 Å². The Morgan fingerprint density at radius 1 is 1.16 bits per heavy atom. The molecule has 2 aromatic heterocycles. The van der Waals surface area contributed by atoms with Crippen LogP contribution in [0.5, 0.6) is 0 Å². The summed E-state index contributed by atoms with van der Waals surface area (Å²) >= 11 is 0. The second kappa shape index (κ2) is 8.38. The molecule has 0 bridgehead atoms. The van der Waals surface area contributed by atoms with Gasteiger partial charge in [-0.05, 0) is 60.7 Å². The molecule has 0 aliphatic carbocycles. The molecule has 4 rings (SSSR count). The third kappa shape index (κ3) is 4.10. The van der Waals surface area contributed by atoms with Gasteiger partial charge in [0.1, 0.15) is 18.2 Å². The van der Waals surface area contributed by atoms with Crippen molar-refractivity contribution < 1.29 is 9.21 Å². The predicted molar refractivity (Wildman–Crippen MR) is 121 cm³/mol. The lowest BCUT2D eigenvalue weighted by molar-refractivity contribution is -0.131. The molecule has 0 saturated heterocycles. The maximum atomic E-state index is 13.1. The van der Waals surface area contributed by atoms with Gasteiger partial charge in [-0.25, -0.2) is 9.67 Å². The Kier molecular flexibility index (Phi) is 5.63. The second-order valence-electron chi connectivity index (χ2n) is 8.41. The minimum absolute atomic E-state index is 0.0519. The van der Waals surface area contributed by atoms with Crippen molar-refractivity contribution in [1.29, 1.82) is 0 Å². The molecule has 160 valence electrons. The summed E-state index contributed by atoms with van der Waals surface area (Å²) in [6.07, 6.45) is 5.20. The lowest BCUT2D eigenvalue weighted by Crippen LogP contribution is -2.30. The van der Waals surface area contributed by atoms with Gasteiger partial charge in [-0.1, -0.05) is 26.0 Å². The summed E-state index contributed by atoms with van der Waals surface area (Å²) in [6.45, 7) is 8.51. The molecule has 1 amide bonds. The van der Waals surface area contributed by atoms with Gasteiger partial charge in [-0.2, -0.15) is 5.10 Å². The molecule has 0 N–H and O–H groups in total. The van der Waals surface area contributed by atoms with E-state index >= 15 is 0 Å². The quantitative estimate of drug-likeness (QED) is 0.433. The van der Waals surface area contributed by atoms with Gasteiger partial charge in [0.2, 0.25) is 5.91 Å². The largest absolute Gasteiger partial charge is 0.464 e. The average molecular weight is 417 g/mol. The first-order valence-corrected chi connectivity index (χ1v) is 10.6. The van der Waals surface area contributed by atoms with Crippen LogP contribution in [0.1, 0.15) is 55.0 Å². The minimum Gasteiger partial charge on any atom is -0.464 e. The van der Waals surface area contributed by atoms with Crippen molar-refractivity contribution in [2.45, 2.75) is 46.1 Å². The number of likely N-dealkylation sites (N-methyl/N-ethyl adjacent to an activating group) is 1. The van der Waals surface area contributed by atoms with Gasteiger partial charge in [-0.3, -0.25) is 4.79 Å². The number of aromatic nitrogens is 3. The fourth-order valence-corrected chi connectivity index (χ4v) is 3.98. The van der Waals surface area contributed by atoms with E-state index in [0.717, 1.165) is 27.8 Å². The van der Waals surface area contributed by atoms with Crippen LogP contribution in [-0.4, -0.2) is 32.6 Å². The Balaban J connectivity index is 1.51. The number of aryl methyl sites for hydroxylation is 1. The summed E-state index contributed by atoms with van der Waals surface area (Å²) in [5, 5.41) is 5.17. The first-order valence-electron chi connectivity index (χ1n) is 10.6. The molecule has 0 fully saturated rings. The Morgan fingerprint density at radius 2 is 1.90 bits per heavy atom. The Bertz CT molecular complexity index is 1190. The van der Waals surface area contributed by atoms with Crippen LogP contribution in [0.15, 0.2) is 59.7 Å². The summed E-state index contributed by atoms with van der Waals surface area (Å²) in [7, 11) is 1.85. The first-order chi connectivity index (χ1) is 14.8. The number of amides is 1. The molecule has 0 saturated carbocycles. The van der Waals surface area contributed by atoms with Crippen molar-refractivity contribution in [3.63, 3.8) is 0 Å². The van der Waals surface area contributed by atoms with Gasteiger partial charge in [0.25, 0.3) is 0 Å². The van der Waals surface area contributed by atoms with E-state index in [0.29, 0.717) is 12.3 Å². The van der Waals surface area contributed by atoms with E-state index in [9.17, 15) is 4.79 Å². The smallest absolute Gasteiger partial charge is 0.227 e. The van der Waals surface area contributed by atoms with E-state index in [2.05, 4.69) is 43.0 Å². The van der Waals surface area contributed by atoms with E-state index in [1.807, 2.05) is 38.2 Å². The lowest BCUT2D eigenvalue weighted by Gasteiger charge is -2.25. The summed E-state index contributed by atoms with van der Waals surface area (Å²) in [6, 6.07) is 12.2. The fraction of sp³-hybridized carbons (Fsp3) is 0.320.